The maximum atomic E-state index is 12.8. The summed E-state index contributed by atoms with van der Waals surface area (Å²) in [4.78, 5) is 38.2. The van der Waals surface area contributed by atoms with Crippen LogP contribution >= 0.6 is 0 Å². The molecule has 6 rings (SSSR count). The van der Waals surface area contributed by atoms with Crippen LogP contribution in [0.2, 0.25) is 0 Å². The Morgan fingerprint density at radius 1 is 0.783 bits per heavy atom. The predicted molar refractivity (Wildman–Crippen MR) is 174 cm³/mol. The van der Waals surface area contributed by atoms with E-state index in [0.29, 0.717) is 54.7 Å². The third-order valence-corrected chi connectivity index (χ3v) is 8.19. The second-order valence-corrected chi connectivity index (χ2v) is 11.8. The molecule has 2 aromatic carbocycles. The maximum absolute atomic E-state index is 12.8. The van der Waals surface area contributed by atoms with Gasteiger partial charge in [-0.2, -0.15) is 0 Å². The third kappa shape index (κ3) is 8.60. The molecule has 0 spiro atoms. The number of aromatic nitrogens is 2. The molecule has 0 unspecified atom stereocenters. The molecule has 1 N–H and O–H groups in total. The first-order chi connectivity index (χ1) is 22.5. The lowest BCUT2D eigenvalue weighted by atomic mass is 10.1. The van der Waals surface area contributed by atoms with Gasteiger partial charge in [-0.05, 0) is 92.5 Å². The predicted octanol–water partition coefficient (Wildman–Crippen LogP) is 6.86. The minimum Gasteiger partial charge on any atom is -0.490 e. The number of nitrogens with one attached hydrogen (secondary N) is 1. The molecule has 10 nitrogen and oxygen atoms in total. The van der Waals surface area contributed by atoms with Crippen molar-refractivity contribution in [3.05, 3.63) is 102 Å². The van der Waals surface area contributed by atoms with Gasteiger partial charge in [0.1, 0.15) is 23.4 Å². The van der Waals surface area contributed by atoms with Crippen LogP contribution in [-0.2, 0) is 6.54 Å². The Balaban J connectivity index is 0.917. The number of piperidine rings is 2. The van der Waals surface area contributed by atoms with Crippen LogP contribution in [0.4, 0.5) is 10.6 Å². The van der Waals surface area contributed by atoms with Crippen molar-refractivity contribution >= 4 is 17.8 Å². The highest BCUT2D eigenvalue weighted by Crippen LogP contribution is 2.25. The minimum atomic E-state index is -0.437. The second-order valence-electron chi connectivity index (χ2n) is 11.8. The molecule has 2 amide bonds. The second kappa shape index (κ2) is 14.9. The Morgan fingerprint density at radius 2 is 1.50 bits per heavy atom. The van der Waals surface area contributed by atoms with Crippen LogP contribution in [0.25, 0.3) is 0 Å². The molecule has 0 saturated carbocycles. The molecule has 0 aliphatic carbocycles. The third-order valence-electron chi connectivity index (χ3n) is 8.19. The Kier molecular flexibility index (Phi) is 10.0. The molecule has 0 radical (unpaired) electrons. The molecule has 0 atom stereocenters. The fourth-order valence-corrected chi connectivity index (χ4v) is 5.58. The molecular formula is C36H39N5O5. The molecule has 0 bridgehead atoms. The van der Waals surface area contributed by atoms with Gasteiger partial charge < -0.3 is 24.4 Å². The summed E-state index contributed by atoms with van der Waals surface area (Å²) < 4.78 is 17.5. The average molecular weight is 622 g/mol. The first-order valence-electron chi connectivity index (χ1n) is 15.9. The molecule has 2 aromatic heterocycles. The number of amides is 2. The number of carbonyl (C=O) groups is 2. The number of benzene rings is 2. The van der Waals surface area contributed by atoms with Crippen molar-refractivity contribution in [2.45, 2.75) is 51.7 Å². The van der Waals surface area contributed by atoms with E-state index in [-0.39, 0.29) is 12.0 Å². The molecular weight excluding hydrogens is 582 g/mol. The lowest BCUT2D eigenvalue weighted by molar-refractivity contribution is 0.0928. The summed E-state index contributed by atoms with van der Waals surface area (Å²) in [6, 6.07) is 22.2. The van der Waals surface area contributed by atoms with Crippen LogP contribution < -0.4 is 19.5 Å². The number of aryl methyl sites for hydroxylation is 1. The van der Waals surface area contributed by atoms with Crippen LogP contribution in [0, 0.1) is 6.92 Å². The molecule has 2 aliphatic rings. The summed E-state index contributed by atoms with van der Waals surface area (Å²) in [6.07, 6.45) is 7.94. The number of anilines is 1. The van der Waals surface area contributed by atoms with Gasteiger partial charge in [0.25, 0.3) is 5.91 Å². The fourth-order valence-electron chi connectivity index (χ4n) is 5.58. The number of rotatable bonds is 9. The van der Waals surface area contributed by atoms with Gasteiger partial charge in [0.05, 0.1) is 6.20 Å². The molecule has 2 aliphatic heterocycles. The van der Waals surface area contributed by atoms with Gasteiger partial charge in [0, 0.05) is 50.3 Å². The lowest BCUT2D eigenvalue weighted by Crippen LogP contribution is -2.43. The van der Waals surface area contributed by atoms with Crippen molar-refractivity contribution < 1.29 is 23.8 Å². The van der Waals surface area contributed by atoms with Crippen molar-refractivity contribution in [3.63, 3.8) is 0 Å². The van der Waals surface area contributed by atoms with Crippen LogP contribution in [0.5, 0.6) is 23.1 Å². The Bertz CT molecular complexity index is 1580. The van der Waals surface area contributed by atoms with Gasteiger partial charge in [-0.1, -0.05) is 24.6 Å². The molecule has 2 saturated heterocycles. The Morgan fingerprint density at radius 3 is 2.17 bits per heavy atom. The summed E-state index contributed by atoms with van der Waals surface area (Å²) in [5.74, 6) is 2.42. The van der Waals surface area contributed by atoms with E-state index in [1.54, 1.807) is 23.2 Å². The number of hydrogen-bond acceptors (Lipinski definition) is 8. The molecule has 46 heavy (non-hydrogen) atoms. The van der Waals surface area contributed by atoms with Crippen LogP contribution in [0.1, 0.15) is 53.6 Å². The van der Waals surface area contributed by atoms with E-state index in [2.05, 4.69) is 20.2 Å². The van der Waals surface area contributed by atoms with Gasteiger partial charge in [-0.3, -0.25) is 9.69 Å². The highest BCUT2D eigenvalue weighted by atomic mass is 16.6. The number of carbonyl (C=O) groups excluding carboxylic acids is 2. The standard InChI is InChI=1S/C36H39N5O5/c1-26-5-16-34(38-23-26)45-30-12-10-29(11-13-30)44-31-17-21-41(22-18-31)36(43)46-32-14-15-33(37-24-32)39-35(42)28-8-6-27(7-9-28)25-40-19-3-2-4-20-40/h5-16,23-24,31H,2-4,17-22,25H2,1H3,(H,37,39,42). The highest BCUT2D eigenvalue weighted by molar-refractivity contribution is 6.03. The minimum absolute atomic E-state index is 0.00924. The largest absolute Gasteiger partial charge is 0.490 e. The topological polar surface area (TPSA) is 106 Å². The van der Waals surface area contributed by atoms with Crippen molar-refractivity contribution in [2.75, 3.05) is 31.5 Å². The van der Waals surface area contributed by atoms with Gasteiger partial charge in [-0.25, -0.2) is 14.8 Å². The first-order valence-corrected chi connectivity index (χ1v) is 15.9. The van der Waals surface area contributed by atoms with Crippen molar-refractivity contribution in [1.29, 1.82) is 0 Å². The van der Waals surface area contributed by atoms with Crippen LogP contribution in [0.15, 0.2) is 85.2 Å². The van der Waals surface area contributed by atoms with Gasteiger partial charge in [-0.15, -0.1) is 0 Å². The van der Waals surface area contributed by atoms with E-state index in [4.69, 9.17) is 14.2 Å². The van der Waals surface area contributed by atoms with Crippen LogP contribution in [0.3, 0.4) is 0 Å². The normalized spacial score (nSPS) is 15.6. The Hall–Kier alpha value is -4.96. The average Bonchev–Trinajstić information content (AvgIpc) is 3.08. The molecule has 10 heteroatoms. The summed E-state index contributed by atoms with van der Waals surface area (Å²) in [5.41, 5.74) is 2.84. The van der Waals surface area contributed by atoms with Crippen molar-refractivity contribution in [2.24, 2.45) is 0 Å². The monoisotopic (exact) mass is 621 g/mol. The molecule has 4 heterocycles. The summed E-state index contributed by atoms with van der Waals surface area (Å²) >= 11 is 0. The van der Waals surface area contributed by atoms with Gasteiger partial charge in [0.2, 0.25) is 5.88 Å². The van der Waals surface area contributed by atoms with E-state index in [9.17, 15) is 9.59 Å². The van der Waals surface area contributed by atoms with E-state index in [1.165, 1.54) is 31.0 Å². The number of nitrogens with zero attached hydrogens (tertiary/aromatic N) is 4. The number of pyridine rings is 2. The van der Waals surface area contributed by atoms with Gasteiger partial charge >= 0.3 is 6.09 Å². The zero-order chi connectivity index (χ0) is 31.7. The number of hydrogen-bond donors (Lipinski definition) is 1. The van der Waals surface area contributed by atoms with Crippen molar-refractivity contribution in [1.82, 2.24) is 19.8 Å². The number of ether oxygens (including phenoxy) is 3. The number of likely N-dealkylation sites (tertiary alicyclic amines) is 2. The zero-order valence-electron chi connectivity index (χ0n) is 26.1. The van der Waals surface area contributed by atoms with E-state index < -0.39 is 6.09 Å². The molecule has 238 valence electrons. The first kappa shape index (κ1) is 31.0. The molecule has 2 fully saturated rings. The van der Waals surface area contributed by atoms with E-state index >= 15 is 0 Å². The van der Waals surface area contributed by atoms with Gasteiger partial charge in [0.15, 0.2) is 5.75 Å². The lowest BCUT2D eigenvalue weighted by Gasteiger charge is -2.31. The summed E-state index contributed by atoms with van der Waals surface area (Å²) in [5, 5.41) is 2.81. The quantitative estimate of drug-likeness (QED) is 0.216. The van der Waals surface area contributed by atoms with Crippen molar-refractivity contribution in [3.8, 4) is 23.1 Å². The smallest absolute Gasteiger partial charge is 0.415 e. The fraction of sp³-hybridized carbons (Fsp3) is 0.333. The van der Waals surface area contributed by atoms with E-state index in [1.807, 2.05) is 67.6 Å². The molecule has 4 aromatic rings. The summed E-state index contributed by atoms with van der Waals surface area (Å²) in [7, 11) is 0. The van der Waals surface area contributed by atoms with E-state index in [0.717, 1.165) is 30.9 Å². The van der Waals surface area contributed by atoms with Crippen LogP contribution in [-0.4, -0.2) is 64.1 Å². The summed E-state index contributed by atoms with van der Waals surface area (Å²) in [6.45, 7) is 6.19. The zero-order valence-corrected chi connectivity index (χ0v) is 26.1. The Labute approximate surface area is 269 Å². The maximum Gasteiger partial charge on any atom is 0.415 e. The highest BCUT2D eigenvalue weighted by Gasteiger charge is 2.25. The SMILES string of the molecule is Cc1ccc(Oc2ccc(OC3CCN(C(=O)Oc4ccc(NC(=O)c5ccc(CN6CCCCC6)cc5)nc4)CC3)cc2)nc1.